The molecule has 0 bridgehead atoms. The number of rotatable bonds is 2. The lowest BCUT2D eigenvalue weighted by Crippen LogP contribution is -1.94. The fraction of sp³-hybridized carbons (Fsp3) is 0.0769. The molecule has 0 aliphatic heterocycles. The Kier molecular flexibility index (Phi) is 2.76. The molecule has 0 radical (unpaired) electrons. The molecular weight excluding hydrogens is 310 g/mol. The predicted octanol–water partition coefficient (Wildman–Crippen LogP) is 2.83. The smallest absolute Gasteiger partial charge is 0.235 e. The second-order valence-corrected chi connectivity index (χ2v) is 5.61. The number of hydrogen-bond donors (Lipinski definition) is 1. The van der Waals surface area contributed by atoms with E-state index >= 15 is 0 Å². The van der Waals surface area contributed by atoms with Gasteiger partial charge < -0.3 is 0 Å². The highest BCUT2D eigenvalue weighted by Gasteiger charge is 2.18. The molecule has 22 heavy (non-hydrogen) atoms. The first kappa shape index (κ1) is 13.0. The molecule has 3 heterocycles. The monoisotopic (exact) mass is 318 g/mol. The number of aromatic amines is 1. The lowest BCUT2D eigenvalue weighted by molar-refractivity contribution is 0.601. The maximum Gasteiger partial charge on any atom is 0.235 e. The fourth-order valence-corrected chi connectivity index (χ4v) is 3.04. The van der Waals surface area contributed by atoms with Gasteiger partial charge in [0, 0.05) is 5.69 Å². The first-order valence-electron chi connectivity index (χ1n) is 6.31. The second-order valence-electron chi connectivity index (χ2n) is 4.66. The van der Waals surface area contributed by atoms with Gasteiger partial charge in [-0.3, -0.25) is 5.10 Å². The van der Waals surface area contributed by atoms with E-state index in [-0.39, 0.29) is 11.4 Å². The van der Waals surface area contributed by atoms with Gasteiger partial charge in [-0.05, 0) is 25.1 Å². The van der Waals surface area contributed by atoms with Crippen LogP contribution in [0.5, 0.6) is 0 Å². The molecule has 9 heteroatoms. The zero-order chi connectivity index (χ0) is 15.3. The van der Waals surface area contributed by atoms with E-state index < -0.39 is 11.6 Å². The average Bonchev–Trinajstić information content (AvgIpc) is 3.16. The van der Waals surface area contributed by atoms with Gasteiger partial charge in [0.05, 0.1) is 17.3 Å². The van der Waals surface area contributed by atoms with Crippen molar-refractivity contribution < 1.29 is 8.78 Å². The summed E-state index contributed by atoms with van der Waals surface area (Å²) in [6, 6.07) is 3.19. The van der Waals surface area contributed by atoms with Crippen LogP contribution in [0.25, 0.3) is 26.9 Å². The molecule has 0 fully saturated rings. The van der Waals surface area contributed by atoms with E-state index in [4.69, 9.17) is 0 Å². The zero-order valence-corrected chi connectivity index (χ0v) is 12.0. The Bertz CT molecular complexity index is 986. The molecule has 0 aliphatic rings. The summed E-state index contributed by atoms with van der Waals surface area (Å²) in [7, 11) is 0. The van der Waals surface area contributed by atoms with Gasteiger partial charge in [0.1, 0.15) is 11.6 Å². The summed E-state index contributed by atoms with van der Waals surface area (Å²) < 4.78 is 28.7. The van der Waals surface area contributed by atoms with E-state index in [1.807, 2.05) is 6.92 Å². The minimum Gasteiger partial charge on any atom is -0.282 e. The summed E-state index contributed by atoms with van der Waals surface area (Å²) >= 11 is 1.30. The van der Waals surface area contributed by atoms with Crippen molar-refractivity contribution in [2.75, 3.05) is 0 Å². The van der Waals surface area contributed by atoms with Crippen LogP contribution < -0.4 is 0 Å². The average molecular weight is 318 g/mol. The van der Waals surface area contributed by atoms with Gasteiger partial charge in [-0.25, -0.2) is 8.78 Å². The van der Waals surface area contributed by atoms with Gasteiger partial charge in [0.15, 0.2) is 10.8 Å². The predicted molar refractivity (Wildman–Crippen MR) is 76.3 cm³/mol. The maximum absolute atomic E-state index is 13.9. The summed E-state index contributed by atoms with van der Waals surface area (Å²) in [5.41, 5.74) is 1.72. The van der Waals surface area contributed by atoms with Crippen LogP contribution in [0.3, 0.4) is 0 Å². The van der Waals surface area contributed by atoms with E-state index in [2.05, 4.69) is 25.5 Å². The van der Waals surface area contributed by atoms with Crippen molar-refractivity contribution in [3.8, 4) is 22.0 Å². The van der Waals surface area contributed by atoms with Gasteiger partial charge >= 0.3 is 0 Å². The summed E-state index contributed by atoms with van der Waals surface area (Å²) in [6.07, 6.45) is 1.66. The van der Waals surface area contributed by atoms with Crippen LogP contribution in [0.4, 0.5) is 8.78 Å². The zero-order valence-electron chi connectivity index (χ0n) is 11.2. The van der Waals surface area contributed by atoms with Crippen LogP contribution in [-0.2, 0) is 0 Å². The number of H-pyrrole nitrogens is 1. The van der Waals surface area contributed by atoms with E-state index in [9.17, 15) is 8.78 Å². The Balaban J connectivity index is 1.91. The molecule has 4 aromatic rings. The third-order valence-corrected chi connectivity index (χ3v) is 4.15. The van der Waals surface area contributed by atoms with Gasteiger partial charge in [0.25, 0.3) is 0 Å². The third kappa shape index (κ3) is 1.90. The Morgan fingerprint density at radius 1 is 1.18 bits per heavy atom. The van der Waals surface area contributed by atoms with Crippen LogP contribution in [0.1, 0.15) is 5.69 Å². The highest BCUT2D eigenvalue weighted by Crippen LogP contribution is 2.30. The van der Waals surface area contributed by atoms with Crippen molar-refractivity contribution in [2.45, 2.75) is 6.92 Å². The van der Waals surface area contributed by atoms with Gasteiger partial charge in [-0.15, -0.1) is 10.2 Å². The number of halogens is 2. The molecule has 1 aromatic carbocycles. The molecule has 0 saturated carbocycles. The molecule has 0 atom stereocenters. The Morgan fingerprint density at radius 2 is 2.05 bits per heavy atom. The standard InChI is InChI=1S/C13H8F2N6S/c1-6-9(5-16-17-6)12-20-21-11(18-19-13(21)22-12)8-4-7(14)2-3-10(8)15/h2-5H,1H3,(H,16,17). The minimum atomic E-state index is -0.579. The first-order chi connectivity index (χ1) is 10.6. The number of benzene rings is 1. The SMILES string of the molecule is Cc1[nH]ncc1-c1nn2c(-c3cc(F)ccc3F)nnc2s1. The van der Waals surface area contributed by atoms with Crippen LogP contribution in [-0.4, -0.2) is 30.0 Å². The van der Waals surface area contributed by atoms with Crippen molar-refractivity contribution in [2.24, 2.45) is 0 Å². The number of aryl methyl sites for hydroxylation is 1. The quantitative estimate of drug-likeness (QED) is 0.617. The summed E-state index contributed by atoms with van der Waals surface area (Å²) in [6.45, 7) is 1.87. The molecular formula is C13H8F2N6S. The molecule has 1 N–H and O–H groups in total. The Hall–Kier alpha value is -2.68. The summed E-state index contributed by atoms with van der Waals surface area (Å²) in [5, 5.41) is 19.7. The topological polar surface area (TPSA) is 71.8 Å². The van der Waals surface area contributed by atoms with Gasteiger partial charge in [-0.1, -0.05) is 11.3 Å². The largest absolute Gasteiger partial charge is 0.282 e. The van der Waals surface area contributed by atoms with Crippen molar-refractivity contribution in [1.82, 2.24) is 30.0 Å². The van der Waals surface area contributed by atoms with Crippen molar-refractivity contribution in [3.05, 3.63) is 41.7 Å². The fourth-order valence-electron chi connectivity index (χ4n) is 2.13. The molecule has 0 amide bonds. The molecule has 0 saturated heterocycles. The highest BCUT2D eigenvalue weighted by atomic mass is 32.1. The molecule has 3 aromatic heterocycles. The van der Waals surface area contributed by atoms with E-state index in [0.717, 1.165) is 29.5 Å². The number of aromatic nitrogens is 6. The molecule has 0 spiro atoms. The van der Waals surface area contributed by atoms with Crippen LogP contribution >= 0.6 is 11.3 Å². The number of hydrogen-bond acceptors (Lipinski definition) is 5. The van der Waals surface area contributed by atoms with E-state index in [0.29, 0.717) is 9.97 Å². The number of nitrogens with zero attached hydrogens (tertiary/aromatic N) is 5. The molecule has 0 unspecified atom stereocenters. The number of fused-ring (bicyclic) bond motifs is 1. The Morgan fingerprint density at radius 3 is 2.82 bits per heavy atom. The highest BCUT2D eigenvalue weighted by molar-refractivity contribution is 7.19. The molecule has 0 aliphatic carbocycles. The first-order valence-corrected chi connectivity index (χ1v) is 7.13. The molecule has 6 nitrogen and oxygen atoms in total. The van der Waals surface area contributed by atoms with E-state index in [1.54, 1.807) is 6.20 Å². The van der Waals surface area contributed by atoms with Crippen LogP contribution in [0.15, 0.2) is 24.4 Å². The lowest BCUT2D eigenvalue weighted by Gasteiger charge is -1.99. The normalized spacial score (nSPS) is 11.4. The van der Waals surface area contributed by atoms with Gasteiger partial charge in [0.2, 0.25) is 4.96 Å². The molecule has 4 rings (SSSR count). The van der Waals surface area contributed by atoms with Crippen LogP contribution in [0.2, 0.25) is 0 Å². The third-order valence-electron chi connectivity index (χ3n) is 3.22. The van der Waals surface area contributed by atoms with Crippen molar-refractivity contribution in [3.63, 3.8) is 0 Å². The molecule has 110 valence electrons. The summed E-state index contributed by atoms with van der Waals surface area (Å²) in [5.74, 6) is -0.963. The van der Waals surface area contributed by atoms with E-state index in [1.165, 1.54) is 15.9 Å². The second kappa shape index (κ2) is 4.67. The van der Waals surface area contributed by atoms with Crippen LogP contribution in [0, 0.1) is 18.6 Å². The van der Waals surface area contributed by atoms with Crippen molar-refractivity contribution in [1.29, 1.82) is 0 Å². The lowest BCUT2D eigenvalue weighted by atomic mass is 10.2. The Labute approximate surface area is 126 Å². The van der Waals surface area contributed by atoms with Gasteiger partial charge in [-0.2, -0.15) is 14.7 Å². The number of nitrogens with one attached hydrogen (secondary N) is 1. The summed E-state index contributed by atoms with van der Waals surface area (Å²) in [4.78, 5) is 0.495. The minimum absolute atomic E-state index is 0.0215. The van der Waals surface area contributed by atoms with Crippen molar-refractivity contribution >= 4 is 16.3 Å². The maximum atomic E-state index is 13.9.